The van der Waals surface area contributed by atoms with Gasteiger partial charge in [-0.25, -0.2) is 4.90 Å². The van der Waals surface area contributed by atoms with Crippen molar-refractivity contribution in [2.75, 3.05) is 17.3 Å². The number of ether oxygens (including phenoxy) is 1. The number of imide groups is 1. The topological polar surface area (TPSA) is 58.6 Å². The minimum atomic E-state index is -0.386. The molecule has 1 heterocycles. The third kappa shape index (κ3) is 3.48. The van der Waals surface area contributed by atoms with Crippen LogP contribution in [-0.4, -0.2) is 18.9 Å². The Morgan fingerprint density at radius 2 is 1.45 bits per heavy atom. The van der Waals surface area contributed by atoms with Crippen molar-refractivity contribution in [3.05, 3.63) is 94.7 Å². The molecule has 0 aromatic heterocycles. The van der Waals surface area contributed by atoms with Crippen LogP contribution in [0.3, 0.4) is 0 Å². The van der Waals surface area contributed by atoms with Gasteiger partial charge in [-0.05, 0) is 55.7 Å². The van der Waals surface area contributed by atoms with E-state index in [1.165, 1.54) is 4.90 Å². The molecule has 0 saturated heterocycles. The second-order valence-corrected chi connectivity index (χ2v) is 7.55. The summed E-state index contributed by atoms with van der Waals surface area (Å²) in [4.78, 5) is 28.6. The van der Waals surface area contributed by atoms with Crippen LogP contribution in [0.5, 0.6) is 5.75 Å². The van der Waals surface area contributed by atoms with Crippen LogP contribution in [0.1, 0.15) is 22.3 Å². The van der Waals surface area contributed by atoms with E-state index < -0.39 is 0 Å². The van der Waals surface area contributed by atoms with Gasteiger partial charge in [0.05, 0.1) is 18.4 Å². The number of benzene rings is 3. The average Bonchev–Trinajstić information content (AvgIpc) is 3.01. The highest BCUT2D eigenvalue weighted by molar-refractivity contribution is 6.46. The summed E-state index contributed by atoms with van der Waals surface area (Å²) in [5, 5.41) is 3.24. The first kappa shape index (κ1) is 20.4. The Hall–Kier alpha value is -3.86. The summed E-state index contributed by atoms with van der Waals surface area (Å²) in [5.41, 5.74) is 5.35. The number of methoxy groups -OCH3 is 1. The molecule has 0 aliphatic carbocycles. The van der Waals surface area contributed by atoms with Crippen molar-refractivity contribution in [3.63, 3.8) is 0 Å². The maximum absolute atomic E-state index is 13.7. The Morgan fingerprint density at radius 3 is 2.19 bits per heavy atom. The second kappa shape index (κ2) is 8.11. The smallest absolute Gasteiger partial charge is 0.282 e. The van der Waals surface area contributed by atoms with Crippen LogP contribution in [0.15, 0.2) is 72.4 Å². The lowest BCUT2D eigenvalue weighted by atomic mass is 10.0. The first-order valence-corrected chi connectivity index (χ1v) is 10.1. The highest BCUT2D eigenvalue weighted by Crippen LogP contribution is 2.38. The number of amides is 2. The van der Waals surface area contributed by atoms with Crippen LogP contribution in [-0.2, 0) is 9.59 Å². The van der Waals surface area contributed by atoms with Gasteiger partial charge in [-0.15, -0.1) is 0 Å². The van der Waals surface area contributed by atoms with Gasteiger partial charge in [-0.1, -0.05) is 48.5 Å². The van der Waals surface area contributed by atoms with Crippen LogP contribution in [0.4, 0.5) is 11.4 Å². The zero-order chi connectivity index (χ0) is 22.1. The van der Waals surface area contributed by atoms with E-state index in [1.807, 2.05) is 69.3 Å². The number of hydrogen-bond acceptors (Lipinski definition) is 4. The van der Waals surface area contributed by atoms with Gasteiger partial charge in [-0.3, -0.25) is 9.59 Å². The monoisotopic (exact) mass is 412 g/mol. The third-order valence-electron chi connectivity index (χ3n) is 5.68. The Balaban J connectivity index is 1.91. The number of hydrogen-bond donors (Lipinski definition) is 1. The van der Waals surface area contributed by atoms with Gasteiger partial charge >= 0.3 is 0 Å². The summed E-state index contributed by atoms with van der Waals surface area (Å²) in [5.74, 6) is -0.229. The standard InChI is InChI=1S/C26H24N2O3/c1-16-11-9-14-21(18(16)3)28-25(29)23(19-12-6-8-15-22(19)31-4)24(26(28)30)27-20-13-7-5-10-17(20)2/h5-15,27H,1-4H3. The molecule has 1 N–H and O–H groups in total. The summed E-state index contributed by atoms with van der Waals surface area (Å²) in [7, 11) is 1.55. The molecule has 5 nitrogen and oxygen atoms in total. The lowest BCUT2D eigenvalue weighted by Gasteiger charge is -2.19. The molecule has 1 aliphatic heterocycles. The minimum absolute atomic E-state index is 0.240. The molecule has 3 aromatic carbocycles. The number of rotatable bonds is 5. The zero-order valence-corrected chi connectivity index (χ0v) is 18.0. The van der Waals surface area contributed by atoms with Gasteiger partial charge in [0.15, 0.2) is 0 Å². The van der Waals surface area contributed by atoms with Crippen molar-refractivity contribution in [2.45, 2.75) is 20.8 Å². The Kier molecular flexibility index (Phi) is 5.34. The van der Waals surface area contributed by atoms with E-state index >= 15 is 0 Å². The largest absolute Gasteiger partial charge is 0.496 e. The predicted octanol–water partition coefficient (Wildman–Crippen LogP) is 5.02. The van der Waals surface area contributed by atoms with Crippen LogP contribution in [0, 0.1) is 20.8 Å². The zero-order valence-electron chi connectivity index (χ0n) is 18.0. The fourth-order valence-electron chi connectivity index (χ4n) is 3.79. The molecular weight excluding hydrogens is 388 g/mol. The summed E-state index contributed by atoms with van der Waals surface area (Å²) in [6.45, 7) is 5.83. The maximum atomic E-state index is 13.7. The van der Waals surface area contributed by atoms with Crippen molar-refractivity contribution >= 4 is 28.8 Å². The molecule has 0 bridgehead atoms. The second-order valence-electron chi connectivity index (χ2n) is 7.55. The van der Waals surface area contributed by atoms with Crippen molar-refractivity contribution < 1.29 is 14.3 Å². The average molecular weight is 412 g/mol. The molecular formula is C26H24N2O3. The molecule has 156 valence electrons. The Labute approximate surface area is 182 Å². The SMILES string of the molecule is COc1ccccc1C1=C(Nc2ccccc2C)C(=O)N(c2cccc(C)c2C)C1=O. The van der Waals surface area contributed by atoms with E-state index in [4.69, 9.17) is 4.74 Å². The van der Waals surface area contributed by atoms with Gasteiger partial charge in [-0.2, -0.15) is 0 Å². The third-order valence-corrected chi connectivity index (χ3v) is 5.68. The summed E-state index contributed by atoms with van der Waals surface area (Å²) in [6.07, 6.45) is 0. The highest BCUT2D eigenvalue weighted by atomic mass is 16.5. The van der Waals surface area contributed by atoms with Gasteiger partial charge < -0.3 is 10.1 Å². The number of nitrogens with zero attached hydrogens (tertiary/aromatic N) is 1. The predicted molar refractivity (Wildman–Crippen MR) is 123 cm³/mol. The molecule has 3 aromatic rings. The number of carbonyl (C=O) groups is 2. The molecule has 0 radical (unpaired) electrons. The number of nitrogens with one attached hydrogen (secondary N) is 1. The molecule has 0 atom stereocenters. The van der Waals surface area contributed by atoms with Crippen molar-refractivity contribution in [3.8, 4) is 5.75 Å². The summed E-state index contributed by atoms with van der Waals surface area (Å²) >= 11 is 0. The minimum Gasteiger partial charge on any atom is -0.496 e. The van der Waals surface area contributed by atoms with Crippen LogP contribution in [0.2, 0.25) is 0 Å². The molecule has 31 heavy (non-hydrogen) atoms. The van der Waals surface area contributed by atoms with Crippen LogP contribution in [0.25, 0.3) is 5.57 Å². The first-order valence-electron chi connectivity index (χ1n) is 10.1. The van der Waals surface area contributed by atoms with Crippen molar-refractivity contribution in [1.82, 2.24) is 0 Å². The Morgan fingerprint density at radius 1 is 0.774 bits per heavy atom. The first-order chi connectivity index (χ1) is 14.9. The van der Waals surface area contributed by atoms with Gasteiger partial charge in [0.2, 0.25) is 0 Å². The van der Waals surface area contributed by atoms with Gasteiger partial charge in [0.25, 0.3) is 11.8 Å². The number of carbonyl (C=O) groups excluding carboxylic acids is 2. The quantitative estimate of drug-likeness (QED) is 0.598. The molecule has 5 heteroatoms. The van der Waals surface area contributed by atoms with E-state index in [9.17, 15) is 9.59 Å². The summed E-state index contributed by atoms with van der Waals surface area (Å²) < 4.78 is 5.50. The normalized spacial score (nSPS) is 13.7. The molecule has 2 amide bonds. The molecule has 1 aliphatic rings. The molecule has 0 fully saturated rings. The Bertz CT molecular complexity index is 1230. The molecule has 0 spiro atoms. The van der Waals surface area contributed by atoms with Crippen molar-refractivity contribution in [2.24, 2.45) is 0 Å². The number of para-hydroxylation sites is 2. The number of anilines is 2. The lowest BCUT2D eigenvalue weighted by Crippen LogP contribution is -2.33. The van der Waals surface area contributed by atoms with E-state index in [0.717, 1.165) is 22.4 Å². The van der Waals surface area contributed by atoms with Gasteiger partial charge in [0.1, 0.15) is 11.4 Å². The molecule has 0 saturated carbocycles. The maximum Gasteiger partial charge on any atom is 0.282 e. The van der Waals surface area contributed by atoms with E-state index in [2.05, 4.69) is 5.32 Å². The summed E-state index contributed by atoms with van der Waals surface area (Å²) in [6, 6.07) is 20.5. The molecule has 4 rings (SSSR count). The van der Waals surface area contributed by atoms with Crippen LogP contribution >= 0.6 is 0 Å². The van der Waals surface area contributed by atoms with E-state index in [0.29, 0.717) is 22.6 Å². The number of aryl methyl sites for hydroxylation is 2. The van der Waals surface area contributed by atoms with E-state index in [1.54, 1.807) is 25.3 Å². The van der Waals surface area contributed by atoms with E-state index in [-0.39, 0.29) is 17.5 Å². The molecule has 0 unspecified atom stereocenters. The fraction of sp³-hybridized carbons (Fsp3) is 0.154. The highest BCUT2D eigenvalue weighted by Gasteiger charge is 2.41. The fourth-order valence-corrected chi connectivity index (χ4v) is 3.79. The van der Waals surface area contributed by atoms with Crippen molar-refractivity contribution in [1.29, 1.82) is 0 Å². The van der Waals surface area contributed by atoms with Gasteiger partial charge in [0, 0.05) is 11.3 Å². The van der Waals surface area contributed by atoms with Crippen LogP contribution < -0.4 is 15.0 Å². The lowest BCUT2D eigenvalue weighted by molar-refractivity contribution is -0.120.